The van der Waals surface area contributed by atoms with E-state index in [2.05, 4.69) is 0 Å². The first-order valence-corrected chi connectivity index (χ1v) is 12.6. The van der Waals surface area contributed by atoms with E-state index in [4.69, 9.17) is 0 Å². The molecule has 0 atom stereocenters. The van der Waals surface area contributed by atoms with Gasteiger partial charge in [-0.15, -0.1) is 0 Å². The molecule has 158 valence electrons. The van der Waals surface area contributed by atoms with Gasteiger partial charge in [0.25, 0.3) is 0 Å². The molecule has 1 fully saturated rings. The lowest BCUT2D eigenvalue weighted by atomic mass is 10.1. The molecule has 1 aliphatic heterocycles. The lowest BCUT2D eigenvalue weighted by Gasteiger charge is -2.33. The minimum atomic E-state index is -3.69. The first-order chi connectivity index (χ1) is 14.2. The van der Waals surface area contributed by atoms with E-state index in [0.29, 0.717) is 5.56 Å². The molecule has 30 heavy (non-hydrogen) atoms. The quantitative estimate of drug-likeness (QED) is 0.620. The molecule has 3 aromatic rings. The molecule has 1 heterocycles. The second-order valence-corrected chi connectivity index (χ2v) is 11.4. The highest BCUT2D eigenvalue weighted by molar-refractivity contribution is 7.89. The smallest absolute Gasteiger partial charge is 0.207 e. The fourth-order valence-electron chi connectivity index (χ4n) is 3.75. The van der Waals surface area contributed by atoms with Gasteiger partial charge in [0.1, 0.15) is 0 Å². The number of aryl methyl sites for hydroxylation is 2. The SMILES string of the molecule is Cc1ccc(C)c(S(=O)(=O)N2CCN(S(=O)(=O)c3ccc4ccccc4c3)CC2)c1. The average molecular weight is 445 g/mol. The van der Waals surface area contributed by atoms with Crippen LogP contribution in [0.25, 0.3) is 10.8 Å². The zero-order valence-electron chi connectivity index (χ0n) is 16.9. The molecule has 1 aliphatic rings. The van der Waals surface area contributed by atoms with Crippen LogP contribution in [0.5, 0.6) is 0 Å². The van der Waals surface area contributed by atoms with Crippen molar-refractivity contribution in [1.29, 1.82) is 0 Å². The van der Waals surface area contributed by atoms with E-state index >= 15 is 0 Å². The van der Waals surface area contributed by atoms with E-state index in [1.807, 2.05) is 37.3 Å². The zero-order valence-corrected chi connectivity index (χ0v) is 18.6. The highest BCUT2D eigenvalue weighted by Crippen LogP contribution is 2.26. The molecule has 8 heteroatoms. The molecule has 0 aromatic heterocycles. The number of hydrogen-bond acceptors (Lipinski definition) is 4. The van der Waals surface area contributed by atoms with E-state index in [0.717, 1.165) is 16.3 Å². The van der Waals surface area contributed by atoms with E-state index in [1.54, 1.807) is 37.3 Å². The third kappa shape index (κ3) is 3.76. The van der Waals surface area contributed by atoms with Crippen molar-refractivity contribution in [3.8, 4) is 0 Å². The lowest BCUT2D eigenvalue weighted by molar-refractivity contribution is 0.272. The lowest BCUT2D eigenvalue weighted by Crippen LogP contribution is -2.50. The van der Waals surface area contributed by atoms with E-state index < -0.39 is 20.0 Å². The van der Waals surface area contributed by atoms with Crippen molar-refractivity contribution < 1.29 is 16.8 Å². The maximum absolute atomic E-state index is 13.1. The van der Waals surface area contributed by atoms with Gasteiger partial charge in [0.15, 0.2) is 0 Å². The first kappa shape index (κ1) is 21.0. The molecular weight excluding hydrogens is 420 g/mol. The molecular formula is C22H24N2O4S2. The van der Waals surface area contributed by atoms with Crippen LogP contribution < -0.4 is 0 Å². The minimum Gasteiger partial charge on any atom is -0.207 e. The number of nitrogens with zero attached hydrogens (tertiary/aromatic N) is 2. The summed E-state index contributed by atoms with van der Waals surface area (Å²) in [5, 5.41) is 1.83. The molecule has 0 aliphatic carbocycles. The Kier molecular flexibility index (Phi) is 5.44. The summed E-state index contributed by atoms with van der Waals surface area (Å²) in [6.07, 6.45) is 0. The van der Waals surface area contributed by atoms with Gasteiger partial charge in [0.2, 0.25) is 20.0 Å². The van der Waals surface area contributed by atoms with Crippen molar-refractivity contribution in [2.45, 2.75) is 23.6 Å². The second kappa shape index (κ2) is 7.77. The van der Waals surface area contributed by atoms with E-state index in [-0.39, 0.29) is 36.0 Å². The van der Waals surface area contributed by atoms with Crippen molar-refractivity contribution in [2.75, 3.05) is 26.2 Å². The van der Waals surface area contributed by atoms with Crippen LogP contribution in [-0.2, 0) is 20.0 Å². The van der Waals surface area contributed by atoms with Gasteiger partial charge >= 0.3 is 0 Å². The molecule has 4 rings (SSSR count). The van der Waals surface area contributed by atoms with Crippen LogP contribution in [0.4, 0.5) is 0 Å². The summed E-state index contributed by atoms with van der Waals surface area (Å²) in [7, 11) is -7.36. The summed E-state index contributed by atoms with van der Waals surface area (Å²) >= 11 is 0. The Morgan fingerprint density at radius 2 is 1.27 bits per heavy atom. The third-order valence-corrected chi connectivity index (χ3v) is 9.45. The zero-order chi connectivity index (χ0) is 21.5. The fraction of sp³-hybridized carbons (Fsp3) is 0.273. The van der Waals surface area contributed by atoms with Gasteiger partial charge in [-0.1, -0.05) is 42.5 Å². The number of benzene rings is 3. The van der Waals surface area contributed by atoms with Gasteiger partial charge in [-0.2, -0.15) is 8.61 Å². The minimum absolute atomic E-state index is 0.124. The number of rotatable bonds is 4. The summed E-state index contributed by atoms with van der Waals surface area (Å²) < 4.78 is 55.2. The molecule has 0 radical (unpaired) electrons. The van der Waals surface area contributed by atoms with Gasteiger partial charge < -0.3 is 0 Å². The Labute approximate surface area is 177 Å². The monoisotopic (exact) mass is 444 g/mol. The first-order valence-electron chi connectivity index (χ1n) is 9.76. The predicted molar refractivity (Wildman–Crippen MR) is 117 cm³/mol. The summed E-state index contributed by atoms with van der Waals surface area (Å²) in [6.45, 7) is 4.13. The standard InChI is InChI=1S/C22H24N2O4S2/c1-17-7-8-18(2)22(15-17)30(27,28)24-13-11-23(12-14-24)29(25,26)21-10-9-19-5-3-4-6-20(19)16-21/h3-10,15-16H,11-14H2,1-2H3. The topological polar surface area (TPSA) is 74.8 Å². The van der Waals surface area contributed by atoms with Crippen molar-refractivity contribution in [3.05, 3.63) is 71.8 Å². The van der Waals surface area contributed by atoms with Gasteiger partial charge in [-0.3, -0.25) is 0 Å². The maximum atomic E-state index is 13.1. The van der Waals surface area contributed by atoms with Crippen LogP contribution in [0.15, 0.2) is 70.5 Å². The van der Waals surface area contributed by atoms with Crippen LogP contribution in [-0.4, -0.2) is 51.6 Å². The van der Waals surface area contributed by atoms with Crippen molar-refractivity contribution in [3.63, 3.8) is 0 Å². The Morgan fingerprint density at radius 3 is 1.93 bits per heavy atom. The average Bonchev–Trinajstić information content (AvgIpc) is 2.75. The summed E-state index contributed by atoms with van der Waals surface area (Å²) in [5.41, 5.74) is 1.56. The van der Waals surface area contributed by atoms with Crippen molar-refractivity contribution in [1.82, 2.24) is 8.61 Å². The van der Waals surface area contributed by atoms with Crippen LogP contribution in [0.3, 0.4) is 0 Å². The highest BCUT2D eigenvalue weighted by Gasteiger charge is 2.34. The van der Waals surface area contributed by atoms with Crippen LogP contribution in [0.1, 0.15) is 11.1 Å². The molecule has 0 N–H and O–H groups in total. The number of sulfonamides is 2. The Balaban J connectivity index is 1.55. The third-order valence-electron chi connectivity index (χ3n) is 5.52. The Morgan fingerprint density at radius 1 is 0.667 bits per heavy atom. The van der Waals surface area contributed by atoms with E-state index in [1.165, 1.54) is 8.61 Å². The normalized spacial score (nSPS) is 16.7. The fourth-order valence-corrected chi connectivity index (χ4v) is 6.94. The molecule has 3 aromatic carbocycles. The highest BCUT2D eigenvalue weighted by atomic mass is 32.2. The van der Waals surface area contributed by atoms with Gasteiger partial charge in [0.05, 0.1) is 9.79 Å². The summed E-state index contributed by atoms with van der Waals surface area (Å²) in [6, 6.07) is 18.0. The Hall–Kier alpha value is -2.26. The number of hydrogen-bond donors (Lipinski definition) is 0. The summed E-state index contributed by atoms with van der Waals surface area (Å²) in [4.78, 5) is 0.514. The number of piperazine rings is 1. The molecule has 1 saturated heterocycles. The van der Waals surface area contributed by atoms with Crippen LogP contribution in [0.2, 0.25) is 0 Å². The predicted octanol–water partition coefficient (Wildman–Crippen LogP) is 3.15. The van der Waals surface area contributed by atoms with Crippen molar-refractivity contribution in [2.24, 2.45) is 0 Å². The molecule has 0 unspecified atom stereocenters. The molecule has 6 nitrogen and oxygen atoms in total. The van der Waals surface area contributed by atoms with Crippen LogP contribution in [0, 0.1) is 13.8 Å². The maximum Gasteiger partial charge on any atom is 0.243 e. The molecule has 0 spiro atoms. The van der Waals surface area contributed by atoms with Crippen molar-refractivity contribution >= 4 is 30.8 Å². The largest absolute Gasteiger partial charge is 0.243 e. The molecule has 0 amide bonds. The molecule has 0 bridgehead atoms. The number of fused-ring (bicyclic) bond motifs is 1. The van der Waals surface area contributed by atoms with Gasteiger partial charge in [-0.05, 0) is 53.9 Å². The van der Waals surface area contributed by atoms with E-state index in [9.17, 15) is 16.8 Å². The second-order valence-electron chi connectivity index (χ2n) is 7.59. The van der Waals surface area contributed by atoms with Gasteiger partial charge in [0, 0.05) is 26.2 Å². The summed E-state index contributed by atoms with van der Waals surface area (Å²) in [5.74, 6) is 0. The Bertz CT molecular complexity index is 1310. The van der Waals surface area contributed by atoms with Gasteiger partial charge in [-0.25, -0.2) is 16.8 Å². The molecule has 0 saturated carbocycles. The van der Waals surface area contributed by atoms with Crippen LogP contribution >= 0.6 is 0 Å².